The Balaban J connectivity index is 1.74. The lowest BCUT2D eigenvalue weighted by Gasteiger charge is -2.38. The summed E-state index contributed by atoms with van der Waals surface area (Å²) < 4.78 is 13.2. The summed E-state index contributed by atoms with van der Waals surface area (Å²) in [6.45, 7) is 4.17. The Morgan fingerprint density at radius 2 is 1.57 bits per heavy atom. The predicted octanol–water partition coefficient (Wildman–Crippen LogP) is 2.20. The van der Waals surface area contributed by atoms with Crippen molar-refractivity contribution in [2.24, 2.45) is 5.92 Å². The highest BCUT2D eigenvalue weighted by atomic mass is 19.1. The van der Waals surface area contributed by atoms with Crippen molar-refractivity contribution in [2.75, 3.05) is 26.2 Å². The van der Waals surface area contributed by atoms with Crippen molar-refractivity contribution in [3.05, 3.63) is 35.6 Å². The molecule has 0 spiro atoms. The van der Waals surface area contributed by atoms with Crippen LogP contribution >= 0.6 is 0 Å². The van der Waals surface area contributed by atoms with Crippen molar-refractivity contribution in [2.45, 2.75) is 45.1 Å². The lowest BCUT2D eigenvalue weighted by Crippen LogP contribution is -2.55. The second-order valence-corrected chi connectivity index (χ2v) is 7.69. The Labute approximate surface area is 165 Å². The number of carbonyl (C=O) groups excluding carboxylic acids is 3. The van der Waals surface area contributed by atoms with Gasteiger partial charge in [0.2, 0.25) is 11.8 Å². The summed E-state index contributed by atoms with van der Waals surface area (Å²) >= 11 is 0. The molecule has 0 bridgehead atoms. The largest absolute Gasteiger partial charge is 0.343 e. The molecule has 0 aliphatic carbocycles. The first-order valence-electron chi connectivity index (χ1n) is 10.1. The van der Waals surface area contributed by atoms with Gasteiger partial charge in [-0.3, -0.25) is 14.4 Å². The Bertz CT molecular complexity index is 708. The zero-order valence-electron chi connectivity index (χ0n) is 16.3. The van der Waals surface area contributed by atoms with Crippen molar-refractivity contribution >= 4 is 17.7 Å². The van der Waals surface area contributed by atoms with Gasteiger partial charge in [0.05, 0.1) is 0 Å². The second kappa shape index (κ2) is 9.17. The zero-order valence-corrected chi connectivity index (χ0v) is 16.3. The number of nitrogens with zero attached hydrogens (tertiary/aromatic N) is 2. The maximum Gasteiger partial charge on any atom is 0.251 e. The average Bonchev–Trinajstić information content (AvgIpc) is 2.72. The lowest BCUT2D eigenvalue weighted by molar-refractivity contribution is -0.136. The molecule has 2 aliphatic rings. The Hall–Kier alpha value is -2.44. The molecule has 1 unspecified atom stereocenters. The molecule has 1 aromatic rings. The molecule has 2 aliphatic heterocycles. The molecule has 152 valence electrons. The topological polar surface area (TPSA) is 69.7 Å². The molecule has 1 N–H and O–H groups in total. The first-order valence-corrected chi connectivity index (χ1v) is 10.1. The van der Waals surface area contributed by atoms with Crippen molar-refractivity contribution < 1.29 is 18.8 Å². The molecule has 0 radical (unpaired) electrons. The summed E-state index contributed by atoms with van der Waals surface area (Å²) in [5, 5.41) is 2.91. The normalized spacial score (nSPS) is 19.2. The van der Waals surface area contributed by atoms with Crippen molar-refractivity contribution in [3.63, 3.8) is 0 Å². The van der Waals surface area contributed by atoms with E-state index < -0.39 is 11.9 Å². The highest BCUT2D eigenvalue weighted by molar-refractivity contribution is 5.97. The molecular formula is C21H28FN3O3. The first-order chi connectivity index (χ1) is 13.5. The monoisotopic (exact) mass is 389 g/mol. The minimum Gasteiger partial charge on any atom is -0.343 e. The molecule has 1 aromatic carbocycles. The van der Waals surface area contributed by atoms with Gasteiger partial charge >= 0.3 is 0 Å². The lowest BCUT2D eigenvalue weighted by atomic mass is 9.87. The van der Waals surface area contributed by atoms with E-state index in [1.54, 1.807) is 11.8 Å². The number of benzene rings is 1. The molecule has 28 heavy (non-hydrogen) atoms. The van der Waals surface area contributed by atoms with E-state index in [0.29, 0.717) is 44.6 Å². The number of carbonyl (C=O) groups is 3. The van der Waals surface area contributed by atoms with Gasteiger partial charge in [-0.2, -0.15) is 0 Å². The van der Waals surface area contributed by atoms with Crippen LogP contribution in [-0.4, -0.2) is 59.7 Å². The molecular weight excluding hydrogens is 361 g/mol. The molecule has 0 saturated carbocycles. The van der Waals surface area contributed by atoms with E-state index in [0.717, 1.165) is 19.3 Å². The van der Waals surface area contributed by atoms with Gasteiger partial charge in [0, 0.05) is 38.7 Å². The SMILES string of the molecule is CC(=O)N1CCC(C(NC(=O)c2ccc(F)cc2)C(=O)N2CCCCC2)CC1. The summed E-state index contributed by atoms with van der Waals surface area (Å²) in [7, 11) is 0. The molecule has 2 heterocycles. The third-order valence-corrected chi connectivity index (χ3v) is 5.78. The van der Waals surface area contributed by atoms with E-state index in [2.05, 4.69) is 5.32 Å². The molecule has 3 rings (SSSR count). The molecule has 2 fully saturated rings. The van der Waals surface area contributed by atoms with E-state index in [4.69, 9.17) is 0 Å². The van der Waals surface area contributed by atoms with Crippen LogP contribution in [0.1, 0.15) is 49.4 Å². The zero-order chi connectivity index (χ0) is 20.1. The van der Waals surface area contributed by atoms with Crippen molar-refractivity contribution in [1.29, 1.82) is 0 Å². The van der Waals surface area contributed by atoms with Gasteiger partial charge in [-0.1, -0.05) is 0 Å². The predicted molar refractivity (Wildman–Crippen MR) is 103 cm³/mol. The number of nitrogens with one attached hydrogen (secondary N) is 1. The van der Waals surface area contributed by atoms with E-state index >= 15 is 0 Å². The number of hydrogen-bond donors (Lipinski definition) is 1. The van der Waals surface area contributed by atoms with Crippen LogP contribution in [0.2, 0.25) is 0 Å². The fraction of sp³-hybridized carbons (Fsp3) is 0.571. The van der Waals surface area contributed by atoms with Gasteiger partial charge in [-0.25, -0.2) is 4.39 Å². The summed E-state index contributed by atoms with van der Waals surface area (Å²) in [5.74, 6) is -0.808. The molecule has 3 amide bonds. The first kappa shape index (κ1) is 20.3. The number of hydrogen-bond acceptors (Lipinski definition) is 3. The highest BCUT2D eigenvalue weighted by Crippen LogP contribution is 2.24. The van der Waals surface area contributed by atoms with E-state index in [9.17, 15) is 18.8 Å². The van der Waals surface area contributed by atoms with Crippen LogP contribution in [0.3, 0.4) is 0 Å². The van der Waals surface area contributed by atoms with Crippen LogP contribution in [0.5, 0.6) is 0 Å². The third-order valence-electron chi connectivity index (χ3n) is 5.78. The van der Waals surface area contributed by atoms with Gasteiger partial charge in [0.25, 0.3) is 5.91 Å². The Morgan fingerprint density at radius 1 is 0.964 bits per heavy atom. The minimum absolute atomic E-state index is 0.0191. The Kier molecular flexibility index (Phi) is 6.65. The number of amides is 3. The summed E-state index contributed by atoms with van der Waals surface area (Å²) in [6, 6.07) is 4.70. The van der Waals surface area contributed by atoms with Crippen LogP contribution < -0.4 is 5.32 Å². The van der Waals surface area contributed by atoms with E-state index in [1.165, 1.54) is 24.3 Å². The van der Waals surface area contributed by atoms with Gasteiger partial charge in [0.1, 0.15) is 11.9 Å². The van der Waals surface area contributed by atoms with Gasteiger partial charge in [-0.15, -0.1) is 0 Å². The summed E-state index contributed by atoms with van der Waals surface area (Å²) in [4.78, 5) is 41.1. The van der Waals surface area contributed by atoms with Gasteiger partial charge < -0.3 is 15.1 Å². The average molecular weight is 389 g/mol. The van der Waals surface area contributed by atoms with Crippen LogP contribution in [0.15, 0.2) is 24.3 Å². The standard InChI is InChI=1S/C21H28FN3O3/c1-15(26)24-13-9-16(10-14-24)19(21(28)25-11-3-2-4-12-25)23-20(27)17-5-7-18(22)8-6-17/h5-8,16,19H,2-4,9-14H2,1H3,(H,23,27). The fourth-order valence-electron chi connectivity index (χ4n) is 4.07. The molecule has 1 atom stereocenters. The van der Waals surface area contributed by atoms with Gasteiger partial charge in [-0.05, 0) is 62.3 Å². The molecule has 6 nitrogen and oxygen atoms in total. The third kappa shape index (κ3) is 4.88. The van der Waals surface area contributed by atoms with Crippen LogP contribution in [0, 0.1) is 11.7 Å². The number of likely N-dealkylation sites (tertiary alicyclic amines) is 2. The summed E-state index contributed by atoms with van der Waals surface area (Å²) in [6.07, 6.45) is 4.43. The van der Waals surface area contributed by atoms with Crippen molar-refractivity contribution in [1.82, 2.24) is 15.1 Å². The van der Waals surface area contributed by atoms with Crippen LogP contribution in [0.4, 0.5) is 4.39 Å². The number of piperidine rings is 2. The van der Waals surface area contributed by atoms with Crippen LogP contribution in [0.25, 0.3) is 0 Å². The fourth-order valence-corrected chi connectivity index (χ4v) is 4.07. The van der Waals surface area contributed by atoms with E-state index in [1.807, 2.05) is 4.90 Å². The second-order valence-electron chi connectivity index (χ2n) is 7.69. The quantitative estimate of drug-likeness (QED) is 0.858. The van der Waals surface area contributed by atoms with E-state index in [-0.39, 0.29) is 23.6 Å². The molecule has 2 saturated heterocycles. The highest BCUT2D eigenvalue weighted by Gasteiger charge is 2.36. The number of rotatable bonds is 4. The molecule has 0 aromatic heterocycles. The summed E-state index contributed by atoms with van der Waals surface area (Å²) in [5.41, 5.74) is 0.332. The maximum atomic E-state index is 13.2. The minimum atomic E-state index is -0.621. The molecule has 7 heteroatoms. The van der Waals surface area contributed by atoms with Crippen molar-refractivity contribution in [3.8, 4) is 0 Å². The van der Waals surface area contributed by atoms with Crippen LogP contribution in [-0.2, 0) is 9.59 Å². The number of halogens is 1. The van der Waals surface area contributed by atoms with Gasteiger partial charge in [0.15, 0.2) is 0 Å². The maximum absolute atomic E-state index is 13.2. The Morgan fingerprint density at radius 3 is 2.14 bits per heavy atom. The smallest absolute Gasteiger partial charge is 0.251 e.